The number of benzene rings is 3. The van der Waals surface area contributed by atoms with Crippen LogP contribution in [0.15, 0.2) is 66.7 Å². The highest BCUT2D eigenvalue weighted by molar-refractivity contribution is 5.99. The fourth-order valence-corrected chi connectivity index (χ4v) is 7.02. The van der Waals surface area contributed by atoms with Crippen LogP contribution < -0.4 is 20.7 Å². The standard InChI is InChI=1S/C43H47N3O15/c1-21(2)34(46-43(54)56-20-31-29-14-10-8-12-27(29)28-13-9-11-15-30(28)31)40(52)44-22(3)39(51)45-32-17-16-26(19-47)18-33(32)60-42-38(59-25(6)50)36(58-24(5)49)35(57-23(4)48)37(61-42)41(53)55-7/h8-19,21-22,31,34-38,42H,20H2,1-7H3,(H,44,52)(H,45,51)(H,46,54)/t22-,34-,35?,36?,37?,38?,42?/m0/s1. The molecule has 3 amide bonds. The zero-order chi connectivity index (χ0) is 44.5. The number of esters is 4. The Kier molecular flexibility index (Phi) is 14.8. The molecule has 1 fully saturated rings. The minimum absolute atomic E-state index is 0.0203. The third kappa shape index (κ3) is 10.9. The van der Waals surface area contributed by atoms with Crippen molar-refractivity contribution in [2.45, 2.75) is 90.2 Å². The monoisotopic (exact) mass is 845 g/mol. The van der Waals surface area contributed by atoms with Gasteiger partial charge in [0.2, 0.25) is 24.2 Å². The van der Waals surface area contributed by atoms with Gasteiger partial charge in [-0.15, -0.1) is 0 Å². The number of methoxy groups -OCH3 is 1. The maximum absolute atomic E-state index is 13.6. The number of carbonyl (C=O) groups excluding carboxylic acids is 8. The Morgan fingerprint density at radius 1 is 0.738 bits per heavy atom. The van der Waals surface area contributed by atoms with Crippen molar-refractivity contribution in [2.75, 3.05) is 19.0 Å². The van der Waals surface area contributed by atoms with Crippen LogP contribution in [0.2, 0.25) is 0 Å². The molecule has 324 valence electrons. The molecule has 18 nitrogen and oxygen atoms in total. The van der Waals surface area contributed by atoms with Crippen LogP contribution in [0.4, 0.5) is 10.5 Å². The van der Waals surface area contributed by atoms with Crippen LogP contribution in [-0.4, -0.2) is 105 Å². The lowest BCUT2D eigenvalue weighted by atomic mass is 9.97. The molecule has 0 aromatic heterocycles. The SMILES string of the molecule is COC(=O)C1OC(Oc2cc(C=O)ccc2NC(=O)[C@H](C)NC(=O)[C@@H](NC(=O)OCC2c3ccccc3-c3ccccc32)C(C)C)C(OC(C)=O)C(OC(C)=O)C1OC(C)=O. The zero-order valence-corrected chi connectivity index (χ0v) is 34.5. The van der Waals surface area contributed by atoms with Gasteiger partial charge in [0.15, 0.2) is 18.3 Å². The number of rotatable bonds is 15. The van der Waals surface area contributed by atoms with Crippen molar-refractivity contribution in [3.63, 3.8) is 0 Å². The van der Waals surface area contributed by atoms with Gasteiger partial charge in [0.25, 0.3) is 0 Å². The smallest absolute Gasteiger partial charge is 0.407 e. The number of alkyl carbamates (subject to hydrolysis) is 1. The van der Waals surface area contributed by atoms with Crippen molar-refractivity contribution >= 4 is 53.8 Å². The normalized spacial score (nSPS) is 20.0. The van der Waals surface area contributed by atoms with Crippen LogP contribution in [0, 0.1) is 5.92 Å². The van der Waals surface area contributed by atoms with Gasteiger partial charge in [0.05, 0.1) is 12.8 Å². The van der Waals surface area contributed by atoms with Gasteiger partial charge in [-0.1, -0.05) is 62.4 Å². The molecule has 3 aromatic carbocycles. The summed E-state index contributed by atoms with van der Waals surface area (Å²) in [6, 6.07) is 17.2. The minimum atomic E-state index is -1.81. The molecule has 0 spiro atoms. The lowest BCUT2D eigenvalue weighted by Crippen LogP contribution is -2.64. The molecule has 1 aliphatic carbocycles. The van der Waals surface area contributed by atoms with Crippen molar-refractivity contribution in [3.05, 3.63) is 83.4 Å². The molecule has 0 saturated carbocycles. The van der Waals surface area contributed by atoms with Gasteiger partial charge in [-0.05, 0) is 53.3 Å². The first-order valence-electron chi connectivity index (χ1n) is 19.3. The van der Waals surface area contributed by atoms with E-state index in [9.17, 15) is 38.4 Å². The molecule has 5 unspecified atom stereocenters. The van der Waals surface area contributed by atoms with E-state index in [0.29, 0.717) is 6.29 Å². The van der Waals surface area contributed by atoms with Gasteiger partial charge in [-0.3, -0.25) is 28.8 Å². The molecule has 3 aromatic rings. The van der Waals surface area contributed by atoms with Crippen molar-refractivity contribution < 1.29 is 71.5 Å². The molecule has 0 radical (unpaired) electrons. The van der Waals surface area contributed by atoms with Crippen molar-refractivity contribution in [3.8, 4) is 16.9 Å². The average Bonchev–Trinajstić information content (AvgIpc) is 3.53. The molecule has 2 aliphatic rings. The number of anilines is 1. The average molecular weight is 846 g/mol. The van der Waals surface area contributed by atoms with E-state index in [1.807, 2.05) is 48.5 Å². The number of hydrogen-bond donors (Lipinski definition) is 3. The van der Waals surface area contributed by atoms with E-state index in [-0.39, 0.29) is 29.5 Å². The summed E-state index contributed by atoms with van der Waals surface area (Å²) >= 11 is 0. The first-order valence-corrected chi connectivity index (χ1v) is 19.3. The van der Waals surface area contributed by atoms with E-state index in [2.05, 4.69) is 16.0 Å². The van der Waals surface area contributed by atoms with E-state index in [4.69, 9.17) is 33.2 Å². The molecular formula is C43H47N3O15. The van der Waals surface area contributed by atoms with E-state index in [1.165, 1.54) is 25.1 Å². The molecule has 0 bridgehead atoms. The second kappa shape index (κ2) is 20.0. The predicted octanol–water partition coefficient (Wildman–Crippen LogP) is 3.58. The van der Waals surface area contributed by atoms with Gasteiger partial charge in [0.1, 0.15) is 30.7 Å². The predicted molar refractivity (Wildman–Crippen MR) is 213 cm³/mol. The number of carbonyl (C=O) groups is 8. The van der Waals surface area contributed by atoms with Gasteiger partial charge < -0.3 is 49.1 Å². The van der Waals surface area contributed by atoms with E-state index < -0.39 is 90.5 Å². The maximum atomic E-state index is 13.6. The second-order valence-corrected chi connectivity index (χ2v) is 14.6. The largest absolute Gasteiger partial charge is 0.467 e. The minimum Gasteiger partial charge on any atom is -0.467 e. The van der Waals surface area contributed by atoms with E-state index in [1.54, 1.807) is 13.8 Å². The summed E-state index contributed by atoms with van der Waals surface area (Å²) in [4.78, 5) is 102. The fourth-order valence-electron chi connectivity index (χ4n) is 7.02. The third-order valence-electron chi connectivity index (χ3n) is 9.80. The highest BCUT2D eigenvalue weighted by Crippen LogP contribution is 2.44. The Morgan fingerprint density at radius 3 is 1.87 bits per heavy atom. The molecule has 7 atom stereocenters. The molecule has 18 heteroatoms. The van der Waals surface area contributed by atoms with E-state index >= 15 is 0 Å². The highest BCUT2D eigenvalue weighted by Gasteiger charge is 2.56. The number of ether oxygens (including phenoxy) is 7. The summed E-state index contributed by atoms with van der Waals surface area (Å²) in [7, 11) is 1.02. The number of hydrogen-bond acceptors (Lipinski definition) is 15. The summed E-state index contributed by atoms with van der Waals surface area (Å²) in [6.45, 7) is 7.90. The maximum Gasteiger partial charge on any atom is 0.407 e. The molecule has 1 heterocycles. The lowest BCUT2D eigenvalue weighted by molar-refractivity contribution is -0.282. The fraction of sp³-hybridized carbons (Fsp3) is 0.395. The first-order chi connectivity index (χ1) is 29.0. The Bertz CT molecular complexity index is 2130. The summed E-state index contributed by atoms with van der Waals surface area (Å²) in [5, 5.41) is 7.80. The second-order valence-electron chi connectivity index (χ2n) is 14.6. The molecule has 61 heavy (non-hydrogen) atoms. The molecule has 1 saturated heterocycles. The molecule has 3 N–H and O–H groups in total. The lowest BCUT2D eigenvalue weighted by Gasteiger charge is -2.43. The Labute approximate surface area is 350 Å². The van der Waals surface area contributed by atoms with Gasteiger partial charge in [-0.2, -0.15) is 0 Å². The first kappa shape index (κ1) is 45.3. The van der Waals surface area contributed by atoms with Crippen LogP contribution in [0.3, 0.4) is 0 Å². The van der Waals surface area contributed by atoms with Gasteiger partial charge in [0, 0.05) is 32.3 Å². The van der Waals surface area contributed by atoms with Crippen molar-refractivity contribution in [1.82, 2.24) is 10.6 Å². The zero-order valence-electron chi connectivity index (χ0n) is 34.5. The number of nitrogens with one attached hydrogen (secondary N) is 3. The summed E-state index contributed by atoms with van der Waals surface area (Å²) < 4.78 is 38.4. The van der Waals surface area contributed by atoms with Crippen LogP contribution in [-0.2, 0) is 57.2 Å². The van der Waals surface area contributed by atoms with Crippen LogP contribution in [0.25, 0.3) is 11.1 Å². The van der Waals surface area contributed by atoms with Gasteiger partial charge >= 0.3 is 30.0 Å². The molecule has 5 rings (SSSR count). The summed E-state index contributed by atoms with van der Waals surface area (Å²) in [6.07, 6.45) is -8.99. The summed E-state index contributed by atoms with van der Waals surface area (Å²) in [5.41, 5.74) is 4.11. The Balaban J connectivity index is 1.30. The topological polar surface area (TPSA) is 237 Å². The van der Waals surface area contributed by atoms with Crippen LogP contribution in [0.5, 0.6) is 5.75 Å². The van der Waals surface area contributed by atoms with Crippen molar-refractivity contribution in [1.29, 1.82) is 0 Å². The molecular weight excluding hydrogens is 798 g/mol. The number of fused-ring (bicyclic) bond motifs is 3. The van der Waals surface area contributed by atoms with Crippen LogP contribution in [0.1, 0.15) is 68.9 Å². The number of amides is 3. The number of aldehydes is 1. The summed E-state index contributed by atoms with van der Waals surface area (Å²) in [5.74, 6) is -6.17. The Hall–Kier alpha value is -6.82. The quantitative estimate of drug-likeness (QED) is 0.113. The Morgan fingerprint density at radius 2 is 1.31 bits per heavy atom. The van der Waals surface area contributed by atoms with Crippen LogP contribution >= 0.6 is 0 Å². The van der Waals surface area contributed by atoms with Gasteiger partial charge in [-0.25, -0.2) is 9.59 Å². The van der Waals surface area contributed by atoms with Crippen molar-refractivity contribution in [2.24, 2.45) is 5.92 Å². The highest BCUT2D eigenvalue weighted by atomic mass is 16.7. The third-order valence-corrected chi connectivity index (χ3v) is 9.80. The molecule has 1 aliphatic heterocycles. The van der Waals surface area contributed by atoms with E-state index in [0.717, 1.165) is 50.1 Å².